The van der Waals surface area contributed by atoms with E-state index >= 15 is 0 Å². The minimum absolute atomic E-state index is 0.481. The number of likely N-dealkylation sites (tertiary alicyclic amines) is 1. The molecule has 1 N–H and O–H groups in total. The maximum atomic E-state index is 5.25. The summed E-state index contributed by atoms with van der Waals surface area (Å²) >= 11 is 0. The van der Waals surface area contributed by atoms with Crippen LogP contribution in [0.5, 0.6) is 0 Å². The summed E-state index contributed by atoms with van der Waals surface area (Å²) in [5, 5.41) is 3.50. The summed E-state index contributed by atoms with van der Waals surface area (Å²) in [6.07, 6.45) is 5.59. The molecular weight excluding hydrogens is 266 g/mol. The number of hydrogen-bond acceptors (Lipinski definition) is 6. The van der Waals surface area contributed by atoms with Crippen LogP contribution in [0.25, 0.3) is 0 Å². The molecule has 21 heavy (non-hydrogen) atoms. The van der Waals surface area contributed by atoms with Crippen molar-refractivity contribution < 1.29 is 4.42 Å². The number of aryl methyl sites for hydroxylation is 2. The van der Waals surface area contributed by atoms with E-state index in [2.05, 4.69) is 25.2 Å². The zero-order valence-electron chi connectivity index (χ0n) is 12.5. The molecule has 6 heteroatoms. The second kappa shape index (κ2) is 6.22. The third-order valence-electron chi connectivity index (χ3n) is 3.80. The van der Waals surface area contributed by atoms with Crippen molar-refractivity contribution >= 4 is 5.82 Å². The van der Waals surface area contributed by atoms with Gasteiger partial charge < -0.3 is 9.73 Å². The SMILES string of the molecule is Cc1cc(NC2CCN(Cc3coc(C)n3)CC2)ncn1. The Morgan fingerprint density at radius 3 is 2.76 bits per heavy atom. The lowest BCUT2D eigenvalue weighted by molar-refractivity contribution is 0.209. The van der Waals surface area contributed by atoms with Crippen molar-refractivity contribution in [2.24, 2.45) is 0 Å². The Kier molecular flexibility index (Phi) is 4.15. The van der Waals surface area contributed by atoms with Gasteiger partial charge in [0, 0.05) is 44.4 Å². The van der Waals surface area contributed by atoms with Crippen LogP contribution in [-0.2, 0) is 6.54 Å². The Bertz CT molecular complexity index is 589. The molecule has 0 atom stereocenters. The number of hydrogen-bond donors (Lipinski definition) is 1. The monoisotopic (exact) mass is 287 g/mol. The van der Waals surface area contributed by atoms with Crippen molar-refractivity contribution in [1.29, 1.82) is 0 Å². The molecule has 1 fully saturated rings. The highest BCUT2D eigenvalue weighted by atomic mass is 16.3. The zero-order chi connectivity index (χ0) is 14.7. The van der Waals surface area contributed by atoms with E-state index in [0.717, 1.165) is 55.6 Å². The van der Waals surface area contributed by atoms with E-state index in [-0.39, 0.29) is 0 Å². The van der Waals surface area contributed by atoms with Gasteiger partial charge >= 0.3 is 0 Å². The zero-order valence-corrected chi connectivity index (χ0v) is 12.5. The molecule has 1 saturated heterocycles. The van der Waals surface area contributed by atoms with Crippen LogP contribution in [0.3, 0.4) is 0 Å². The Balaban J connectivity index is 1.48. The van der Waals surface area contributed by atoms with E-state index in [1.165, 1.54) is 0 Å². The Morgan fingerprint density at radius 2 is 2.10 bits per heavy atom. The van der Waals surface area contributed by atoms with Gasteiger partial charge in [0.2, 0.25) is 0 Å². The van der Waals surface area contributed by atoms with Crippen LogP contribution in [0.15, 0.2) is 23.1 Å². The normalized spacial score (nSPS) is 17.0. The summed E-state index contributed by atoms with van der Waals surface area (Å²) in [6, 6.07) is 2.47. The first kappa shape index (κ1) is 14.0. The van der Waals surface area contributed by atoms with Crippen molar-refractivity contribution in [1.82, 2.24) is 19.9 Å². The molecule has 2 aromatic rings. The van der Waals surface area contributed by atoms with Crippen molar-refractivity contribution in [2.45, 2.75) is 39.3 Å². The molecule has 6 nitrogen and oxygen atoms in total. The number of oxazole rings is 1. The van der Waals surface area contributed by atoms with E-state index in [4.69, 9.17) is 4.42 Å². The molecule has 0 radical (unpaired) electrons. The number of rotatable bonds is 4. The molecule has 0 amide bonds. The summed E-state index contributed by atoms with van der Waals surface area (Å²) in [6.45, 7) is 6.86. The van der Waals surface area contributed by atoms with Crippen molar-refractivity contribution in [2.75, 3.05) is 18.4 Å². The average Bonchev–Trinajstić information content (AvgIpc) is 2.86. The third-order valence-corrected chi connectivity index (χ3v) is 3.80. The molecule has 112 valence electrons. The highest BCUT2D eigenvalue weighted by molar-refractivity contribution is 5.35. The maximum absolute atomic E-state index is 5.25. The van der Waals surface area contributed by atoms with E-state index in [9.17, 15) is 0 Å². The minimum Gasteiger partial charge on any atom is -0.449 e. The van der Waals surface area contributed by atoms with Gasteiger partial charge in [-0.2, -0.15) is 0 Å². The topological polar surface area (TPSA) is 67.1 Å². The van der Waals surface area contributed by atoms with Crippen molar-refractivity contribution in [3.63, 3.8) is 0 Å². The third kappa shape index (κ3) is 3.78. The summed E-state index contributed by atoms with van der Waals surface area (Å²) in [5.41, 5.74) is 2.01. The van der Waals surface area contributed by atoms with E-state index in [1.807, 2.05) is 19.9 Å². The molecule has 0 saturated carbocycles. The Hall–Kier alpha value is -1.95. The van der Waals surface area contributed by atoms with Gasteiger partial charge in [0.05, 0.1) is 5.69 Å². The predicted molar refractivity (Wildman–Crippen MR) is 79.9 cm³/mol. The van der Waals surface area contributed by atoms with Gasteiger partial charge in [-0.1, -0.05) is 0 Å². The summed E-state index contributed by atoms with van der Waals surface area (Å²) in [7, 11) is 0. The molecule has 0 bridgehead atoms. The first-order valence-corrected chi connectivity index (χ1v) is 7.37. The molecule has 1 aliphatic rings. The second-order valence-corrected chi connectivity index (χ2v) is 5.60. The first-order valence-electron chi connectivity index (χ1n) is 7.37. The van der Waals surface area contributed by atoms with Crippen LogP contribution in [0.4, 0.5) is 5.82 Å². The van der Waals surface area contributed by atoms with E-state index in [1.54, 1.807) is 12.6 Å². The van der Waals surface area contributed by atoms with Gasteiger partial charge in [-0.3, -0.25) is 4.90 Å². The van der Waals surface area contributed by atoms with Crippen LogP contribution >= 0.6 is 0 Å². The van der Waals surface area contributed by atoms with Crippen LogP contribution < -0.4 is 5.32 Å². The van der Waals surface area contributed by atoms with Crippen molar-refractivity contribution in [3.05, 3.63) is 35.9 Å². The second-order valence-electron chi connectivity index (χ2n) is 5.60. The number of nitrogens with one attached hydrogen (secondary N) is 1. The molecule has 0 spiro atoms. The molecule has 2 aromatic heterocycles. The van der Waals surface area contributed by atoms with Gasteiger partial charge in [0.15, 0.2) is 5.89 Å². The standard InChI is InChI=1S/C15H21N5O/c1-11-7-15(17-10-16-11)19-13-3-5-20(6-4-13)8-14-9-21-12(2)18-14/h7,9-10,13H,3-6,8H2,1-2H3,(H,16,17,19). The van der Waals surface area contributed by atoms with Gasteiger partial charge in [-0.05, 0) is 19.8 Å². The highest BCUT2D eigenvalue weighted by Gasteiger charge is 2.20. The number of nitrogens with zero attached hydrogens (tertiary/aromatic N) is 4. The lowest BCUT2D eigenvalue weighted by Crippen LogP contribution is -2.38. The lowest BCUT2D eigenvalue weighted by atomic mass is 10.0. The number of anilines is 1. The average molecular weight is 287 g/mol. The number of piperidine rings is 1. The first-order chi connectivity index (χ1) is 10.2. The van der Waals surface area contributed by atoms with Crippen LogP contribution in [0.2, 0.25) is 0 Å². The fraction of sp³-hybridized carbons (Fsp3) is 0.533. The molecule has 1 aliphatic heterocycles. The van der Waals surface area contributed by atoms with Gasteiger partial charge in [-0.25, -0.2) is 15.0 Å². The maximum Gasteiger partial charge on any atom is 0.191 e. The summed E-state index contributed by atoms with van der Waals surface area (Å²) < 4.78 is 5.25. The van der Waals surface area contributed by atoms with Crippen LogP contribution in [0, 0.1) is 13.8 Å². The summed E-state index contributed by atoms with van der Waals surface area (Å²) in [5.74, 6) is 1.66. The van der Waals surface area contributed by atoms with Crippen LogP contribution in [-0.4, -0.2) is 39.0 Å². The molecule has 3 rings (SSSR count). The molecule has 3 heterocycles. The van der Waals surface area contributed by atoms with E-state index in [0.29, 0.717) is 6.04 Å². The Morgan fingerprint density at radius 1 is 1.29 bits per heavy atom. The molecule has 0 aliphatic carbocycles. The van der Waals surface area contributed by atoms with Gasteiger partial charge in [0.25, 0.3) is 0 Å². The van der Waals surface area contributed by atoms with Crippen molar-refractivity contribution in [3.8, 4) is 0 Å². The summed E-state index contributed by atoms with van der Waals surface area (Å²) in [4.78, 5) is 15.2. The smallest absolute Gasteiger partial charge is 0.191 e. The van der Waals surface area contributed by atoms with Crippen LogP contribution in [0.1, 0.15) is 30.1 Å². The fourth-order valence-electron chi connectivity index (χ4n) is 2.69. The van der Waals surface area contributed by atoms with Gasteiger partial charge in [0.1, 0.15) is 18.4 Å². The molecule has 0 unspecified atom stereocenters. The Labute approximate surface area is 124 Å². The fourth-order valence-corrected chi connectivity index (χ4v) is 2.69. The largest absolute Gasteiger partial charge is 0.449 e. The highest BCUT2D eigenvalue weighted by Crippen LogP contribution is 2.17. The predicted octanol–water partition coefficient (Wildman–Crippen LogP) is 2.16. The number of aromatic nitrogens is 3. The minimum atomic E-state index is 0.481. The quantitative estimate of drug-likeness (QED) is 0.929. The van der Waals surface area contributed by atoms with E-state index < -0.39 is 0 Å². The molecule has 0 aromatic carbocycles. The molecular formula is C15H21N5O. The lowest BCUT2D eigenvalue weighted by Gasteiger charge is -2.32. The van der Waals surface area contributed by atoms with Gasteiger partial charge in [-0.15, -0.1) is 0 Å².